The van der Waals surface area contributed by atoms with Gasteiger partial charge in [0.25, 0.3) is 0 Å². The highest BCUT2D eigenvalue weighted by Crippen LogP contribution is 2.21. The maximum absolute atomic E-state index is 13.1. The Balaban J connectivity index is 1.84. The SMILES string of the molecule is CN(C)C(=O)CN1CCC(OC(=O)c2ccc(F)cc2Br)CC1. The lowest BCUT2D eigenvalue weighted by Gasteiger charge is -2.31. The number of piperidine rings is 1. The average Bonchev–Trinajstić information content (AvgIpc) is 2.48. The molecule has 0 atom stereocenters. The van der Waals surface area contributed by atoms with Crippen molar-refractivity contribution in [2.45, 2.75) is 18.9 Å². The van der Waals surface area contributed by atoms with Crippen molar-refractivity contribution < 1.29 is 18.7 Å². The van der Waals surface area contributed by atoms with Crippen molar-refractivity contribution in [3.63, 3.8) is 0 Å². The van der Waals surface area contributed by atoms with Crippen LogP contribution in [0.4, 0.5) is 4.39 Å². The Hall–Kier alpha value is -1.47. The number of likely N-dealkylation sites (tertiary alicyclic amines) is 1. The molecule has 0 bridgehead atoms. The van der Waals surface area contributed by atoms with Crippen LogP contribution in [0.25, 0.3) is 0 Å². The third-order valence-electron chi connectivity index (χ3n) is 3.82. The Kier molecular flexibility index (Phi) is 6.12. The van der Waals surface area contributed by atoms with Gasteiger partial charge in [-0.15, -0.1) is 0 Å². The minimum absolute atomic E-state index is 0.0655. The minimum Gasteiger partial charge on any atom is -0.459 e. The maximum Gasteiger partial charge on any atom is 0.339 e. The van der Waals surface area contributed by atoms with E-state index < -0.39 is 11.8 Å². The van der Waals surface area contributed by atoms with Crippen LogP contribution in [0.5, 0.6) is 0 Å². The number of carbonyl (C=O) groups is 2. The molecule has 7 heteroatoms. The summed E-state index contributed by atoms with van der Waals surface area (Å²) in [6, 6.07) is 3.88. The number of halogens is 2. The van der Waals surface area contributed by atoms with Crippen molar-refractivity contribution >= 4 is 27.8 Å². The first-order valence-corrected chi connectivity index (χ1v) is 8.24. The molecule has 1 aromatic carbocycles. The second-order valence-electron chi connectivity index (χ2n) is 5.79. The summed E-state index contributed by atoms with van der Waals surface area (Å²) < 4.78 is 18.9. The van der Waals surface area contributed by atoms with Gasteiger partial charge in [-0.05, 0) is 47.0 Å². The molecule has 1 aliphatic heterocycles. The standard InChI is InChI=1S/C16H20BrFN2O3/c1-19(2)15(21)10-20-7-5-12(6-8-20)23-16(22)13-4-3-11(18)9-14(13)17/h3-4,9,12H,5-8,10H2,1-2H3. The van der Waals surface area contributed by atoms with Crippen LogP contribution in [0.15, 0.2) is 22.7 Å². The molecule has 0 spiro atoms. The van der Waals surface area contributed by atoms with E-state index in [1.165, 1.54) is 18.2 Å². The van der Waals surface area contributed by atoms with Crippen molar-refractivity contribution in [3.05, 3.63) is 34.1 Å². The van der Waals surface area contributed by atoms with E-state index in [9.17, 15) is 14.0 Å². The fourth-order valence-corrected chi connectivity index (χ4v) is 2.90. The first-order valence-electron chi connectivity index (χ1n) is 7.45. The average molecular weight is 387 g/mol. The van der Waals surface area contributed by atoms with Crippen molar-refractivity contribution in [1.82, 2.24) is 9.80 Å². The molecule has 0 aromatic heterocycles. The topological polar surface area (TPSA) is 49.9 Å². The monoisotopic (exact) mass is 386 g/mol. The highest BCUT2D eigenvalue weighted by Gasteiger charge is 2.25. The Morgan fingerprint density at radius 3 is 2.57 bits per heavy atom. The van der Waals surface area contributed by atoms with Crippen molar-refractivity contribution in [2.24, 2.45) is 0 Å². The normalized spacial score (nSPS) is 16.2. The summed E-state index contributed by atoms with van der Waals surface area (Å²) in [5, 5.41) is 0. The van der Waals surface area contributed by atoms with E-state index in [0.29, 0.717) is 42.5 Å². The molecular weight excluding hydrogens is 367 g/mol. The van der Waals surface area contributed by atoms with Crippen LogP contribution in [0.3, 0.4) is 0 Å². The number of likely N-dealkylation sites (N-methyl/N-ethyl adjacent to an activating group) is 1. The van der Waals surface area contributed by atoms with Crippen LogP contribution in [0.1, 0.15) is 23.2 Å². The number of amides is 1. The third kappa shape index (κ3) is 5.00. The fourth-order valence-electron chi connectivity index (χ4n) is 2.39. The van der Waals surface area contributed by atoms with Crippen LogP contribution < -0.4 is 0 Å². The van der Waals surface area contributed by atoms with E-state index in [2.05, 4.69) is 20.8 Å². The zero-order valence-corrected chi connectivity index (χ0v) is 14.8. The molecule has 1 aromatic rings. The Morgan fingerprint density at radius 1 is 1.35 bits per heavy atom. The molecule has 0 aliphatic carbocycles. The molecule has 1 fully saturated rings. The fraction of sp³-hybridized carbons (Fsp3) is 0.500. The molecule has 0 saturated carbocycles. The first-order chi connectivity index (χ1) is 10.9. The van der Waals surface area contributed by atoms with E-state index in [4.69, 9.17) is 4.74 Å². The molecular formula is C16H20BrFN2O3. The molecule has 2 rings (SSSR count). The van der Waals surface area contributed by atoms with E-state index in [1.54, 1.807) is 19.0 Å². The summed E-state index contributed by atoms with van der Waals surface area (Å²) in [6.07, 6.45) is 1.20. The maximum atomic E-state index is 13.1. The highest BCUT2D eigenvalue weighted by atomic mass is 79.9. The van der Waals surface area contributed by atoms with Gasteiger partial charge in [-0.1, -0.05) is 0 Å². The van der Waals surface area contributed by atoms with Gasteiger partial charge in [0, 0.05) is 31.7 Å². The molecule has 23 heavy (non-hydrogen) atoms. The summed E-state index contributed by atoms with van der Waals surface area (Å²) in [4.78, 5) is 27.5. The Labute approximate surface area is 143 Å². The van der Waals surface area contributed by atoms with E-state index in [0.717, 1.165) is 0 Å². The number of hydrogen-bond acceptors (Lipinski definition) is 4. The van der Waals surface area contributed by atoms with Crippen LogP contribution in [-0.2, 0) is 9.53 Å². The number of nitrogens with zero attached hydrogens (tertiary/aromatic N) is 2. The molecule has 1 heterocycles. The molecule has 1 aliphatic rings. The number of esters is 1. The van der Waals surface area contributed by atoms with Gasteiger partial charge in [-0.3, -0.25) is 9.69 Å². The van der Waals surface area contributed by atoms with Gasteiger partial charge in [0.15, 0.2) is 0 Å². The van der Waals surface area contributed by atoms with Crippen LogP contribution in [0.2, 0.25) is 0 Å². The summed E-state index contributed by atoms with van der Waals surface area (Å²) in [6.45, 7) is 1.81. The van der Waals surface area contributed by atoms with Gasteiger partial charge in [0.1, 0.15) is 11.9 Å². The summed E-state index contributed by atoms with van der Waals surface area (Å²) in [5.74, 6) is -0.803. The zero-order valence-electron chi connectivity index (χ0n) is 13.2. The molecule has 0 unspecified atom stereocenters. The summed E-state index contributed by atoms with van der Waals surface area (Å²) >= 11 is 3.17. The second kappa shape index (κ2) is 7.88. The summed E-state index contributed by atoms with van der Waals surface area (Å²) in [5.41, 5.74) is 0.316. The third-order valence-corrected chi connectivity index (χ3v) is 4.47. The van der Waals surface area contributed by atoms with Gasteiger partial charge in [0.05, 0.1) is 12.1 Å². The molecule has 1 saturated heterocycles. The minimum atomic E-state index is -0.459. The Bertz CT molecular complexity index is 587. The van der Waals surface area contributed by atoms with Gasteiger partial charge >= 0.3 is 5.97 Å². The van der Waals surface area contributed by atoms with Gasteiger partial charge in [0.2, 0.25) is 5.91 Å². The highest BCUT2D eigenvalue weighted by molar-refractivity contribution is 9.10. The lowest BCUT2D eigenvalue weighted by Crippen LogP contribution is -2.43. The van der Waals surface area contributed by atoms with Crippen molar-refractivity contribution in [3.8, 4) is 0 Å². The lowest BCUT2D eigenvalue weighted by molar-refractivity contribution is -0.130. The number of carbonyl (C=O) groups excluding carboxylic acids is 2. The van der Waals surface area contributed by atoms with Crippen LogP contribution >= 0.6 is 15.9 Å². The molecule has 0 N–H and O–H groups in total. The van der Waals surface area contributed by atoms with E-state index >= 15 is 0 Å². The Morgan fingerprint density at radius 2 is 2.00 bits per heavy atom. The van der Waals surface area contributed by atoms with Crippen LogP contribution in [-0.4, -0.2) is 61.5 Å². The van der Waals surface area contributed by atoms with Crippen molar-refractivity contribution in [2.75, 3.05) is 33.7 Å². The molecule has 126 valence electrons. The number of benzene rings is 1. The van der Waals surface area contributed by atoms with Gasteiger partial charge < -0.3 is 9.64 Å². The van der Waals surface area contributed by atoms with Gasteiger partial charge in [-0.25, -0.2) is 9.18 Å². The first kappa shape index (κ1) is 17.9. The van der Waals surface area contributed by atoms with Gasteiger partial charge in [-0.2, -0.15) is 0 Å². The zero-order chi connectivity index (χ0) is 17.0. The molecule has 5 nitrogen and oxygen atoms in total. The number of hydrogen-bond donors (Lipinski definition) is 0. The second-order valence-corrected chi connectivity index (χ2v) is 6.65. The van der Waals surface area contributed by atoms with Crippen molar-refractivity contribution in [1.29, 1.82) is 0 Å². The lowest BCUT2D eigenvalue weighted by atomic mass is 10.1. The largest absolute Gasteiger partial charge is 0.459 e. The number of rotatable bonds is 4. The van der Waals surface area contributed by atoms with E-state index in [1.807, 2.05) is 0 Å². The number of ether oxygens (including phenoxy) is 1. The van der Waals surface area contributed by atoms with E-state index in [-0.39, 0.29) is 12.0 Å². The summed E-state index contributed by atoms with van der Waals surface area (Å²) in [7, 11) is 3.47. The predicted molar refractivity (Wildman–Crippen MR) is 87.7 cm³/mol. The molecule has 1 amide bonds. The predicted octanol–water partition coefficient (Wildman–Crippen LogP) is 2.30. The smallest absolute Gasteiger partial charge is 0.339 e. The van der Waals surface area contributed by atoms with Crippen LogP contribution in [0, 0.1) is 5.82 Å². The molecule has 0 radical (unpaired) electrons. The quantitative estimate of drug-likeness (QED) is 0.745.